The molecule has 0 saturated carbocycles. The van der Waals surface area contributed by atoms with Gasteiger partial charge in [0.25, 0.3) is 11.8 Å². The van der Waals surface area contributed by atoms with Gasteiger partial charge in [-0.1, -0.05) is 35.9 Å². The van der Waals surface area contributed by atoms with Crippen LogP contribution >= 0.6 is 0 Å². The lowest BCUT2D eigenvalue weighted by Crippen LogP contribution is -2.41. The highest BCUT2D eigenvalue weighted by Crippen LogP contribution is 2.19. The van der Waals surface area contributed by atoms with Crippen LogP contribution in [0.5, 0.6) is 0 Å². The first-order valence-corrected chi connectivity index (χ1v) is 7.69. The van der Waals surface area contributed by atoms with Gasteiger partial charge in [-0.25, -0.2) is 0 Å². The zero-order valence-corrected chi connectivity index (χ0v) is 13.9. The SMILES string of the molecule is Cc1ccc(C(=O)NNC(=O)c2cn(C)c3ccccc23)c(C)c1. The topological polar surface area (TPSA) is 63.1 Å². The lowest BCUT2D eigenvalue weighted by molar-refractivity contribution is 0.0847. The third kappa shape index (κ3) is 2.88. The van der Waals surface area contributed by atoms with Crippen molar-refractivity contribution in [1.29, 1.82) is 0 Å². The molecule has 3 aromatic rings. The van der Waals surface area contributed by atoms with Crippen LogP contribution in [0.1, 0.15) is 31.8 Å². The molecular formula is C19H19N3O2. The summed E-state index contributed by atoms with van der Waals surface area (Å²) in [5.74, 6) is -0.675. The quantitative estimate of drug-likeness (QED) is 0.713. The molecule has 0 aliphatic carbocycles. The summed E-state index contributed by atoms with van der Waals surface area (Å²) in [5, 5.41) is 0.846. The molecule has 0 fully saturated rings. The number of para-hydroxylation sites is 1. The first-order chi connectivity index (χ1) is 11.5. The second-order valence-electron chi connectivity index (χ2n) is 5.90. The van der Waals surface area contributed by atoms with Crippen LogP contribution in [-0.4, -0.2) is 16.4 Å². The molecule has 1 aromatic heterocycles. The molecule has 0 radical (unpaired) electrons. The van der Waals surface area contributed by atoms with E-state index in [0.29, 0.717) is 11.1 Å². The minimum absolute atomic E-state index is 0.332. The fraction of sp³-hybridized carbons (Fsp3) is 0.158. The van der Waals surface area contributed by atoms with Crippen molar-refractivity contribution in [2.45, 2.75) is 13.8 Å². The highest BCUT2D eigenvalue weighted by atomic mass is 16.2. The minimum atomic E-state index is -0.343. The van der Waals surface area contributed by atoms with E-state index in [9.17, 15) is 9.59 Å². The van der Waals surface area contributed by atoms with Crippen LogP contribution < -0.4 is 10.9 Å². The Morgan fingerprint density at radius 2 is 1.58 bits per heavy atom. The molecule has 0 aliphatic rings. The number of hydrogen-bond donors (Lipinski definition) is 2. The van der Waals surface area contributed by atoms with Crippen LogP contribution in [-0.2, 0) is 7.05 Å². The first kappa shape index (κ1) is 15.8. The lowest BCUT2D eigenvalue weighted by atomic mass is 10.1. The maximum atomic E-state index is 12.4. The molecule has 0 bridgehead atoms. The number of aryl methyl sites for hydroxylation is 3. The molecule has 0 aliphatic heterocycles. The smallest absolute Gasteiger partial charge is 0.271 e. The van der Waals surface area contributed by atoms with Gasteiger partial charge in [-0.3, -0.25) is 20.4 Å². The molecule has 0 atom stereocenters. The molecule has 2 N–H and O–H groups in total. The minimum Gasteiger partial charge on any atom is -0.350 e. The van der Waals surface area contributed by atoms with E-state index in [-0.39, 0.29) is 11.8 Å². The third-order valence-electron chi connectivity index (χ3n) is 4.06. The van der Waals surface area contributed by atoms with E-state index < -0.39 is 0 Å². The third-order valence-corrected chi connectivity index (χ3v) is 4.06. The number of hydrogen-bond acceptors (Lipinski definition) is 2. The van der Waals surface area contributed by atoms with Gasteiger partial charge >= 0.3 is 0 Å². The van der Waals surface area contributed by atoms with E-state index in [2.05, 4.69) is 10.9 Å². The van der Waals surface area contributed by atoms with Gasteiger partial charge in [-0.05, 0) is 31.5 Å². The second kappa shape index (κ2) is 6.20. The van der Waals surface area contributed by atoms with Crippen LogP contribution in [0.3, 0.4) is 0 Å². The molecule has 0 spiro atoms. The number of hydrazine groups is 1. The average Bonchev–Trinajstić information content (AvgIpc) is 2.90. The Balaban J connectivity index is 1.76. The number of aromatic nitrogens is 1. The molecule has 0 unspecified atom stereocenters. The Kier molecular flexibility index (Phi) is 4.08. The zero-order valence-electron chi connectivity index (χ0n) is 13.9. The second-order valence-corrected chi connectivity index (χ2v) is 5.90. The van der Waals surface area contributed by atoms with E-state index in [0.717, 1.165) is 22.0 Å². The van der Waals surface area contributed by atoms with Crippen molar-refractivity contribution in [1.82, 2.24) is 15.4 Å². The standard InChI is InChI=1S/C19H19N3O2/c1-12-8-9-14(13(2)10-12)18(23)20-21-19(24)16-11-22(3)17-7-5-4-6-15(16)17/h4-11H,1-3H3,(H,20,23)(H,21,24). The molecule has 0 saturated heterocycles. The van der Waals surface area contributed by atoms with Crippen molar-refractivity contribution in [3.05, 3.63) is 70.9 Å². The summed E-state index contributed by atoms with van der Waals surface area (Å²) in [7, 11) is 1.88. The number of fused-ring (bicyclic) bond motifs is 1. The number of rotatable bonds is 2. The van der Waals surface area contributed by atoms with E-state index in [1.165, 1.54) is 0 Å². The number of carbonyl (C=O) groups is 2. The summed E-state index contributed by atoms with van der Waals surface area (Å²) in [5.41, 5.74) is 8.96. The van der Waals surface area contributed by atoms with Crippen LogP contribution in [0.25, 0.3) is 10.9 Å². The molecule has 24 heavy (non-hydrogen) atoms. The van der Waals surface area contributed by atoms with E-state index in [1.807, 2.05) is 61.9 Å². The molecule has 2 amide bonds. The monoisotopic (exact) mass is 321 g/mol. The highest BCUT2D eigenvalue weighted by molar-refractivity contribution is 6.08. The Morgan fingerprint density at radius 1 is 0.917 bits per heavy atom. The van der Waals surface area contributed by atoms with Crippen molar-refractivity contribution in [2.75, 3.05) is 0 Å². The van der Waals surface area contributed by atoms with Crippen molar-refractivity contribution in [2.24, 2.45) is 7.05 Å². The number of amides is 2. The zero-order chi connectivity index (χ0) is 17.3. The maximum absolute atomic E-state index is 12.4. The number of nitrogens with one attached hydrogen (secondary N) is 2. The predicted molar refractivity (Wildman–Crippen MR) is 93.8 cm³/mol. The summed E-state index contributed by atoms with van der Waals surface area (Å²) < 4.78 is 1.89. The fourth-order valence-corrected chi connectivity index (χ4v) is 2.84. The van der Waals surface area contributed by atoms with E-state index in [1.54, 1.807) is 12.3 Å². The Bertz CT molecular complexity index is 941. The van der Waals surface area contributed by atoms with Gasteiger partial charge in [-0.15, -0.1) is 0 Å². The summed E-state index contributed by atoms with van der Waals surface area (Å²) in [4.78, 5) is 24.7. The van der Waals surface area contributed by atoms with Crippen LogP contribution in [0.4, 0.5) is 0 Å². The molecular weight excluding hydrogens is 302 g/mol. The van der Waals surface area contributed by atoms with Gasteiger partial charge in [-0.2, -0.15) is 0 Å². The first-order valence-electron chi connectivity index (χ1n) is 7.69. The summed E-state index contributed by atoms with van der Waals surface area (Å²) in [6.07, 6.45) is 1.75. The van der Waals surface area contributed by atoms with E-state index in [4.69, 9.17) is 0 Å². The molecule has 1 heterocycles. The lowest BCUT2D eigenvalue weighted by Gasteiger charge is -2.09. The summed E-state index contributed by atoms with van der Waals surface area (Å²) >= 11 is 0. The molecule has 5 heteroatoms. The Labute approximate surface area is 140 Å². The highest BCUT2D eigenvalue weighted by Gasteiger charge is 2.15. The predicted octanol–water partition coefficient (Wildman–Crippen LogP) is 2.87. The number of benzene rings is 2. The van der Waals surface area contributed by atoms with Crippen molar-refractivity contribution in [3.63, 3.8) is 0 Å². The summed E-state index contributed by atoms with van der Waals surface area (Å²) in [6.45, 7) is 3.84. The van der Waals surface area contributed by atoms with Crippen molar-refractivity contribution >= 4 is 22.7 Å². The Hall–Kier alpha value is -3.08. The van der Waals surface area contributed by atoms with Gasteiger partial charge in [0, 0.05) is 29.7 Å². The van der Waals surface area contributed by atoms with Crippen LogP contribution in [0, 0.1) is 13.8 Å². The van der Waals surface area contributed by atoms with Crippen LogP contribution in [0.2, 0.25) is 0 Å². The molecule has 122 valence electrons. The van der Waals surface area contributed by atoms with Crippen LogP contribution in [0.15, 0.2) is 48.7 Å². The van der Waals surface area contributed by atoms with Gasteiger partial charge in [0.15, 0.2) is 0 Å². The van der Waals surface area contributed by atoms with E-state index >= 15 is 0 Å². The van der Waals surface area contributed by atoms with Gasteiger partial charge in [0.2, 0.25) is 0 Å². The van der Waals surface area contributed by atoms with Crippen molar-refractivity contribution in [3.8, 4) is 0 Å². The van der Waals surface area contributed by atoms with Gasteiger partial charge in [0.1, 0.15) is 0 Å². The number of carbonyl (C=O) groups excluding carboxylic acids is 2. The van der Waals surface area contributed by atoms with Crippen molar-refractivity contribution < 1.29 is 9.59 Å². The average molecular weight is 321 g/mol. The van der Waals surface area contributed by atoms with Gasteiger partial charge in [0.05, 0.1) is 5.56 Å². The van der Waals surface area contributed by atoms with Gasteiger partial charge < -0.3 is 4.57 Å². The maximum Gasteiger partial charge on any atom is 0.271 e. The molecule has 2 aromatic carbocycles. The molecule has 5 nitrogen and oxygen atoms in total. The fourth-order valence-electron chi connectivity index (χ4n) is 2.84. The summed E-state index contributed by atoms with van der Waals surface area (Å²) in [6, 6.07) is 13.2. The normalized spacial score (nSPS) is 10.6. The molecule has 3 rings (SSSR count). The largest absolute Gasteiger partial charge is 0.350 e. The number of nitrogens with zero attached hydrogens (tertiary/aromatic N) is 1. The Morgan fingerprint density at radius 3 is 2.29 bits per heavy atom.